The second kappa shape index (κ2) is 4.83. The van der Waals surface area contributed by atoms with Gasteiger partial charge in [0, 0.05) is 22.8 Å². The Labute approximate surface area is 99.9 Å². The number of sulfonamides is 1. The highest BCUT2D eigenvalue weighted by molar-refractivity contribution is 7.89. The van der Waals surface area contributed by atoms with Crippen LogP contribution in [0.25, 0.3) is 0 Å². The monoisotopic (exact) mass is 260 g/mol. The minimum absolute atomic E-state index is 0.00190. The first-order chi connectivity index (χ1) is 7.54. The van der Waals surface area contributed by atoms with E-state index in [0.717, 1.165) is 6.54 Å². The van der Waals surface area contributed by atoms with E-state index < -0.39 is 10.0 Å². The standard InChI is InChI=1S/C10H16N2O2S2/c11-16(13,14)5-4-12-7-9-6-8-2-1-3-10(8)15-9/h6,12H,1-5,7H2,(H2,11,13,14). The van der Waals surface area contributed by atoms with Crippen molar-refractivity contribution in [2.24, 2.45) is 5.14 Å². The van der Waals surface area contributed by atoms with Gasteiger partial charge in [-0.2, -0.15) is 0 Å². The van der Waals surface area contributed by atoms with Crippen molar-refractivity contribution < 1.29 is 8.42 Å². The van der Waals surface area contributed by atoms with Gasteiger partial charge in [-0.15, -0.1) is 11.3 Å². The second-order valence-corrected chi connectivity index (χ2v) is 7.01. The molecule has 0 saturated carbocycles. The maximum atomic E-state index is 10.7. The number of nitrogens with two attached hydrogens (primary N) is 1. The summed E-state index contributed by atoms with van der Waals surface area (Å²) in [5, 5.41) is 8.01. The third-order valence-corrected chi connectivity index (χ3v) is 4.67. The lowest BCUT2D eigenvalue weighted by Crippen LogP contribution is -2.26. The molecule has 3 N–H and O–H groups in total. The van der Waals surface area contributed by atoms with Crippen LogP contribution < -0.4 is 10.5 Å². The van der Waals surface area contributed by atoms with Crippen molar-refractivity contribution in [3.63, 3.8) is 0 Å². The van der Waals surface area contributed by atoms with E-state index in [1.807, 2.05) is 11.3 Å². The molecule has 0 fully saturated rings. The first-order valence-corrected chi connectivity index (χ1v) is 7.89. The first-order valence-electron chi connectivity index (χ1n) is 5.36. The van der Waals surface area contributed by atoms with Crippen molar-refractivity contribution in [2.75, 3.05) is 12.3 Å². The zero-order chi connectivity index (χ0) is 11.6. The molecule has 0 spiro atoms. The van der Waals surface area contributed by atoms with Crippen molar-refractivity contribution in [3.05, 3.63) is 21.4 Å². The molecular formula is C10H16N2O2S2. The molecule has 0 aliphatic heterocycles. The molecule has 0 saturated heterocycles. The van der Waals surface area contributed by atoms with E-state index in [4.69, 9.17) is 5.14 Å². The maximum Gasteiger partial charge on any atom is 0.210 e. The molecule has 1 aliphatic carbocycles. The van der Waals surface area contributed by atoms with E-state index in [9.17, 15) is 8.42 Å². The van der Waals surface area contributed by atoms with Crippen molar-refractivity contribution in [1.29, 1.82) is 0 Å². The lowest BCUT2D eigenvalue weighted by Gasteiger charge is -2.01. The summed E-state index contributed by atoms with van der Waals surface area (Å²) in [6.07, 6.45) is 3.68. The van der Waals surface area contributed by atoms with Crippen LogP contribution >= 0.6 is 11.3 Å². The van der Waals surface area contributed by atoms with Gasteiger partial charge in [0.2, 0.25) is 10.0 Å². The second-order valence-electron chi connectivity index (χ2n) is 4.06. The Bertz CT molecular complexity index is 444. The molecule has 0 amide bonds. The van der Waals surface area contributed by atoms with Crippen LogP contribution in [0.5, 0.6) is 0 Å². The molecule has 90 valence electrons. The van der Waals surface area contributed by atoms with E-state index >= 15 is 0 Å². The fraction of sp³-hybridized carbons (Fsp3) is 0.600. The fourth-order valence-electron chi connectivity index (χ4n) is 1.90. The summed E-state index contributed by atoms with van der Waals surface area (Å²) in [7, 11) is -3.33. The Morgan fingerprint density at radius 3 is 2.94 bits per heavy atom. The summed E-state index contributed by atoms with van der Waals surface area (Å²) >= 11 is 1.84. The molecular weight excluding hydrogens is 244 g/mol. The molecule has 0 unspecified atom stereocenters. The summed E-state index contributed by atoms with van der Waals surface area (Å²) in [6, 6.07) is 2.23. The molecule has 0 radical (unpaired) electrons. The number of aryl methyl sites for hydroxylation is 2. The van der Waals surface area contributed by atoms with Crippen LogP contribution in [0.2, 0.25) is 0 Å². The normalized spacial score (nSPS) is 15.3. The number of fused-ring (bicyclic) bond motifs is 1. The zero-order valence-corrected chi connectivity index (χ0v) is 10.7. The minimum Gasteiger partial charge on any atom is -0.311 e. The highest BCUT2D eigenvalue weighted by Crippen LogP contribution is 2.30. The Morgan fingerprint density at radius 1 is 1.44 bits per heavy atom. The average molecular weight is 260 g/mol. The molecule has 1 aliphatic rings. The van der Waals surface area contributed by atoms with Crippen LogP contribution in [-0.4, -0.2) is 20.7 Å². The molecule has 1 heterocycles. The SMILES string of the molecule is NS(=O)(=O)CCNCc1cc2c(s1)CCC2. The van der Waals surface area contributed by atoms with Crippen molar-refractivity contribution in [1.82, 2.24) is 5.32 Å². The van der Waals surface area contributed by atoms with E-state index in [0.29, 0.717) is 6.54 Å². The number of rotatable bonds is 5. The largest absolute Gasteiger partial charge is 0.311 e. The van der Waals surface area contributed by atoms with Crippen LogP contribution in [-0.2, 0) is 29.4 Å². The third kappa shape index (κ3) is 3.28. The van der Waals surface area contributed by atoms with Gasteiger partial charge in [-0.3, -0.25) is 0 Å². The van der Waals surface area contributed by atoms with Gasteiger partial charge in [0.25, 0.3) is 0 Å². The smallest absolute Gasteiger partial charge is 0.210 e. The summed E-state index contributed by atoms with van der Waals surface area (Å²) in [4.78, 5) is 2.79. The van der Waals surface area contributed by atoms with Gasteiger partial charge >= 0.3 is 0 Å². The Kier molecular flexibility index (Phi) is 3.63. The summed E-state index contributed by atoms with van der Waals surface area (Å²) in [6.45, 7) is 1.16. The predicted octanol–water partition coefficient (Wildman–Crippen LogP) is 0.615. The van der Waals surface area contributed by atoms with Gasteiger partial charge in [-0.1, -0.05) is 0 Å². The quantitative estimate of drug-likeness (QED) is 0.762. The molecule has 16 heavy (non-hydrogen) atoms. The average Bonchev–Trinajstić information content (AvgIpc) is 2.70. The van der Waals surface area contributed by atoms with Gasteiger partial charge < -0.3 is 5.32 Å². The van der Waals surface area contributed by atoms with Crippen LogP contribution in [0, 0.1) is 0 Å². The molecule has 0 aromatic carbocycles. The highest BCUT2D eigenvalue weighted by Gasteiger charge is 2.14. The molecule has 4 nitrogen and oxygen atoms in total. The molecule has 0 bridgehead atoms. The number of hydrogen-bond acceptors (Lipinski definition) is 4. The molecule has 2 rings (SSSR count). The van der Waals surface area contributed by atoms with Crippen LogP contribution in [0.15, 0.2) is 6.07 Å². The minimum atomic E-state index is -3.33. The predicted molar refractivity (Wildman–Crippen MR) is 66.0 cm³/mol. The first kappa shape index (κ1) is 12.0. The van der Waals surface area contributed by atoms with E-state index in [1.54, 1.807) is 0 Å². The topological polar surface area (TPSA) is 72.2 Å². The summed E-state index contributed by atoms with van der Waals surface area (Å²) in [5.74, 6) is -0.00190. The number of primary sulfonamides is 1. The van der Waals surface area contributed by atoms with E-state index in [2.05, 4.69) is 11.4 Å². The molecule has 6 heteroatoms. The van der Waals surface area contributed by atoms with Gasteiger partial charge in [0.05, 0.1) is 5.75 Å². The Morgan fingerprint density at radius 2 is 2.25 bits per heavy atom. The number of hydrogen-bond donors (Lipinski definition) is 2. The molecule has 1 aromatic heterocycles. The highest BCUT2D eigenvalue weighted by atomic mass is 32.2. The van der Waals surface area contributed by atoms with Gasteiger partial charge in [-0.25, -0.2) is 13.6 Å². The zero-order valence-electron chi connectivity index (χ0n) is 9.03. The summed E-state index contributed by atoms with van der Waals surface area (Å²) < 4.78 is 21.4. The van der Waals surface area contributed by atoms with Gasteiger partial charge in [0.15, 0.2) is 0 Å². The van der Waals surface area contributed by atoms with Crippen LogP contribution in [0.3, 0.4) is 0 Å². The van der Waals surface area contributed by atoms with Crippen molar-refractivity contribution >= 4 is 21.4 Å². The Balaban J connectivity index is 1.78. The van der Waals surface area contributed by atoms with Gasteiger partial charge in [-0.05, 0) is 30.9 Å². The lowest BCUT2D eigenvalue weighted by atomic mass is 10.2. The summed E-state index contributed by atoms with van der Waals surface area (Å²) in [5.41, 5.74) is 1.48. The fourth-order valence-corrected chi connectivity index (χ4v) is 3.56. The van der Waals surface area contributed by atoms with E-state index in [1.165, 1.54) is 34.6 Å². The van der Waals surface area contributed by atoms with E-state index in [-0.39, 0.29) is 5.75 Å². The van der Waals surface area contributed by atoms with Gasteiger partial charge in [0.1, 0.15) is 0 Å². The number of nitrogens with one attached hydrogen (secondary N) is 1. The van der Waals surface area contributed by atoms with Crippen LogP contribution in [0.4, 0.5) is 0 Å². The number of thiophene rings is 1. The van der Waals surface area contributed by atoms with Crippen LogP contribution in [0.1, 0.15) is 21.7 Å². The molecule has 1 aromatic rings. The Hall–Kier alpha value is -0.430. The third-order valence-electron chi connectivity index (χ3n) is 2.66. The maximum absolute atomic E-state index is 10.7. The lowest BCUT2D eigenvalue weighted by molar-refractivity contribution is 0.592. The molecule has 0 atom stereocenters. The van der Waals surface area contributed by atoms with Crippen molar-refractivity contribution in [2.45, 2.75) is 25.8 Å². The van der Waals surface area contributed by atoms with Crippen molar-refractivity contribution in [3.8, 4) is 0 Å².